The zero-order chi connectivity index (χ0) is 24.5. The molecule has 174 valence electrons. The largest absolute Gasteiger partial charge is 0.458 e. The summed E-state index contributed by atoms with van der Waals surface area (Å²) in [4.78, 5) is 26.8. The van der Waals surface area contributed by atoms with Gasteiger partial charge in [0.15, 0.2) is 5.11 Å². The van der Waals surface area contributed by atoms with Crippen molar-refractivity contribution in [2.75, 3.05) is 5.32 Å². The van der Waals surface area contributed by atoms with Gasteiger partial charge in [0, 0.05) is 17.4 Å². The minimum absolute atomic E-state index is 0.00999. The van der Waals surface area contributed by atoms with Gasteiger partial charge in [0.2, 0.25) is 5.54 Å². The molecule has 0 fully saturated rings. The van der Waals surface area contributed by atoms with Crippen molar-refractivity contribution in [2.45, 2.75) is 65.2 Å². The molecule has 0 amide bonds. The fourth-order valence-corrected chi connectivity index (χ4v) is 2.95. The monoisotopic (exact) mass is 461 g/mol. The number of ether oxygens (including phenoxy) is 2. The molecule has 0 bridgehead atoms. The minimum Gasteiger partial charge on any atom is -0.458 e. The summed E-state index contributed by atoms with van der Waals surface area (Å²) in [6.07, 6.45) is 3.38. The van der Waals surface area contributed by atoms with Gasteiger partial charge in [-0.3, -0.25) is 0 Å². The van der Waals surface area contributed by atoms with Crippen LogP contribution in [-0.4, -0.2) is 38.0 Å². The molecule has 0 aliphatic carbocycles. The summed E-state index contributed by atoms with van der Waals surface area (Å²) in [5.74, 6) is -1.92. The average molecular weight is 462 g/mol. The Morgan fingerprint density at radius 3 is 2.00 bits per heavy atom. The Morgan fingerprint density at radius 2 is 1.59 bits per heavy atom. The second-order valence-corrected chi connectivity index (χ2v) is 9.94. The van der Waals surface area contributed by atoms with E-state index in [1.165, 1.54) is 10.7 Å². The lowest BCUT2D eigenvalue weighted by atomic mass is 9.88. The van der Waals surface area contributed by atoms with E-state index in [2.05, 4.69) is 10.4 Å². The van der Waals surface area contributed by atoms with Gasteiger partial charge in [0.05, 0.1) is 11.9 Å². The highest BCUT2D eigenvalue weighted by Crippen LogP contribution is 2.33. The standard InChI is InChI=1S/C22H31N5O4S/c1-13-11-25-27(12-13)16-9-8-14(26-19(23)32)10-15(16)22(24,17(28)30-20(2,3)4)18(29)31-21(5,6)7/h8-12H,24H2,1-7H3,(H3,23,26,32). The molecule has 5 N–H and O–H groups in total. The first-order valence-electron chi connectivity index (χ1n) is 10.0. The van der Waals surface area contributed by atoms with E-state index in [0.29, 0.717) is 11.4 Å². The van der Waals surface area contributed by atoms with Gasteiger partial charge in [-0.2, -0.15) is 5.10 Å². The van der Waals surface area contributed by atoms with Crippen molar-refractivity contribution in [3.8, 4) is 5.69 Å². The number of nitrogens with one attached hydrogen (secondary N) is 1. The van der Waals surface area contributed by atoms with E-state index in [0.717, 1.165) is 5.56 Å². The van der Waals surface area contributed by atoms with Crippen molar-refractivity contribution < 1.29 is 19.1 Å². The number of aryl methyl sites for hydroxylation is 1. The Bertz CT molecular complexity index is 1010. The molecule has 0 unspecified atom stereocenters. The Balaban J connectivity index is 2.80. The summed E-state index contributed by atoms with van der Waals surface area (Å²) >= 11 is 4.92. The maximum absolute atomic E-state index is 13.4. The summed E-state index contributed by atoms with van der Waals surface area (Å²) in [5.41, 5.74) is 9.90. The molecule has 0 spiro atoms. The SMILES string of the molecule is Cc1cnn(-c2ccc(NC(N)=S)cc2C(N)(C(=O)OC(C)(C)C)C(=O)OC(C)(C)C)c1. The number of carbonyl (C=O) groups excluding carboxylic acids is 2. The molecule has 0 atom stereocenters. The number of aromatic nitrogens is 2. The maximum atomic E-state index is 13.4. The molecule has 0 saturated heterocycles. The topological polar surface area (TPSA) is 134 Å². The molecule has 2 aromatic rings. The highest BCUT2D eigenvalue weighted by Gasteiger charge is 2.51. The highest BCUT2D eigenvalue weighted by atomic mass is 32.1. The van der Waals surface area contributed by atoms with Gasteiger partial charge in [0.25, 0.3) is 0 Å². The summed E-state index contributed by atoms with van der Waals surface area (Å²) < 4.78 is 12.6. The molecule has 1 aromatic carbocycles. The van der Waals surface area contributed by atoms with Gasteiger partial charge < -0.3 is 26.3 Å². The van der Waals surface area contributed by atoms with Crippen LogP contribution >= 0.6 is 12.2 Å². The quantitative estimate of drug-likeness (QED) is 0.349. The number of nitrogens with two attached hydrogens (primary N) is 2. The summed E-state index contributed by atoms with van der Waals surface area (Å²) in [6, 6.07) is 4.84. The average Bonchev–Trinajstić information content (AvgIpc) is 3.03. The van der Waals surface area contributed by atoms with E-state index in [1.807, 2.05) is 6.92 Å². The van der Waals surface area contributed by atoms with E-state index < -0.39 is 28.7 Å². The first-order valence-corrected chi connectivity index (χ1v) is 10.4. The Labute approximate surface area is 193 Å². The van der Waals surface area contributed by atoms with Crippen LogP contribution in [0.5, 0.6) is 0 Å². The van der Waals surface area contributed by atoms with Crippen LogP contribution in [0.3, 0.4) is 0 Å². The van der Waals surface area contributed by atoms with Gasteiger partial charge in [-0.25, -0.2) is 14.3 Å². The number of hydrogen-bond acceptors (Lipinski definition) is 7. The van der Waals surface area contributed by atoms with E-state index in [4.69, 9.17) is 33.2 Å². The summed E-state index contributed by atoms with van der Waals surface area (Å²) in [5, 5.41) is 7.11. The lowest BCUT2D eigenvalue weighted by Gasteiger charge is -2.33. The normalized spacial score (nSPS) is 12.2. The third kappa shape index (κ3) is 6.04. The molecule has 1 heterocycles. The molecule has 0 radical (unpaired) electrons. The number of benzene rings is 1. The fraction of sp³-hybridized carbons (Fsp3) is 0.455. The van der Waals surface area contributed by atoms with Crippen LogP contribution in [0.15, 0.2) is 30.6 Å². The second kappa shape index (κ2) is 8.87. The molecule has 0 aliphatic rings. The molecule has 10 heteroatoms. The smallest absolute Gasteiger partial charge is 0.343 e. The third-order valence-electron chi connectivity index (χ3n) is 4.09. The number of hydrogen-bond donors (Lipinski definition) is 3. The molecular weight excluding hydrogens is 430 g/mol. The summed E-state index contributed by atoms with van der Waals surface area (Å²) in [7, 11) is 0. The molecule has 1 aromatic heterocycles. The van der Waals surface area contributed by atoms with E-state index in [9.17, 15) is 9.59 Å². The van der Waals surface area contributed by atoms with E-state index in [-0.39, 0.29) is 10.7 Å². The van der Waals surface area contributed by atoms with Crippen LogP contribution in [0.1, 0.15) is 52.7 Å². The number of nitrogens with zero attached hydrogens (tertiary/aromatic N) is 2. The van der Waals surface area contributed by atoms with E-state index >= 15 is 0 Å². The molecule has 2 rings (SSSR count). The Morgan fingerprint density at radius 1 is 1.06 bits per heavy atom. The molecule has 0 saturated carbocycles. The molecule has 0 aliphatic heterocycles. The molecular formula is C22H31N5O4S. The number of anilines is 1. The minimum atomic E-state index is -2.30. The van der Waals surface area contributed by atoms with Crippen molar-refractivity contribution in [3.05, 3.63) is 41.7 Å². The van der Waals surface area contributed by atoms with E-state index in [1.54, 1.807) is 66.1 Å². The van der Waals surface area contributed by atoms with Crippen molar-refractivity contribution >= 4 is 35.0 Å². The fourth-order valence-electron chi connectivity index (χ4n) is 2.84. The maximum Gasteiger partial charge on any atom is 0.343 e. The molecule has 9 nitrogen and oxygen atoms in total. The number of carbonyl (C=O) groups is 2. The van der Waals surface area contributed by atoms with Gasteiger partial charge in [0.1, 0.15) is 11.2 Å². The first kappa shape index (κ1) is 25.3. The second-order valence-electron chi connectivity index (χ2n) is 9.50. The number of rotatable bonds is 5. The van der Waals surface area contributed by atoms with Crippen LogP contribution in [0.25, 0.3) is 5.69 Å². The van der Waals surface area contributed by atoms with Gasteiger partial charge in [-0.15, -0.1) is 0 Å². The zero-order valence-electron chi connectivity index (χ0n) is 19.5. The van der Waals surface area contributed by atoms with Crippen LogP contribution in [0, 0.1) is 6.92 Å². The van der Waals surface area contributed by atoms with Crippen LogP contribution in [0.4, 0.5) is 5.69 Å². The van der Waals surface area contributed by atoms with Crippen molar-refractivity contribution in [1.82, 2.24) is 9.78 Å². The Hall–Kier alpha value is -2.98. The Kier molecular flexibility index (Phi) is 7.01. The van der Waals surface area contributed by atoms with Crippen molar-refractivity contribution in [2.24, 2.45) is 11.5 Å². The van der Waals surface area contributed by atoms with Crippen molar-refractivity contribution in [3.63, 3.8) is 0 Å². The van der Waals surface area contributed by atoms with Crippen molar-refractivity contribution in [1.29, 1.82) is 0 Å². The zero-order valence-corrected chi connectivity index (χ0v) is 20.3. The van der Waals surface area contributed by atoms with Crippen LogP contribution in [-0.2, 0) is 24.6 Å². The van der Waals surface area contributed by atoms with Crippen LogP contribution < -0.4 is 16.8 Å². The predicted octanol–water partition coefficient (Wildman–Crippen LogP) is 2.67. The molecule has 32 heavy (non-hydrogen) atoms. The number of thiocarbonyl (C=S) groups is 1. The first-order chi connectivity index (χ1) is 14.5. The highest BCUT2D eigenvalue weighted by molar-refractivity contribution is 7.80. The lowest BCUT2D eigenvalue weighted by molar-refractivity contribution is -0.177. The van der Waals surface area contributed by atoms with Gasteiger partial charge >= 0.3 is 11.9 Å². The third-order valence-corrected chi connectivity index (χ3v) is 4.19. The van der Waals surface area contributed by atoms with Gasteiger partial charge in [-0.1, -0.05) is 0 Å². The summed E-state index contributed by atoms with van der Waals surface area (Å²) in [6.45, 7) is 12.0. The van der Waals surface area contributed by atoms with Crippen LogP contribution in [0.2, 0.25) is 0 Å². The predicted molar refractivity (Wildman–Crippen MR) is 126 cm³/mol. The van der Waals surface area contributed by atoms with Gasteiger partial charge in [-0.05, 0) is 84.4 Å². The number of esters is 2. The lowest BCUT2D eigenvalue weighted by Crippen LogP contribution is -2.56.